The second-order valence-corrected chi connectivity index (χ2v) is 9.85. The smallest absolute Gasteiger partial charge is 0.276 e. The van der Waals surface area contributed by atoms with Crippen molar-refractivity contribution >= 4 is 33.8 Å². The first kappa shape index (κ1) is 21.7. The molecule has 1 fully saturated rings. The monoisotopic (exact) mass is 460 g/mol. The zero-order chi connectivity index (χ0) is 22.9. The molecule has 0 aliphatic carbocycles. The molecule has 1 amide bonds. The van der Waals surface area contributed by atoms with E-state index in [1.165, 1.54) is 0 Å². The number of amides is 1. The van der Waals surface area contributed by atoms with Gasteiger partial charge < -0.3 is 10.2 Å². The van der Waals surface area contributed by atoms with E-state index in [4.69, 9.17) is 0 Å². The second kappa shape index (κ2) is 9.03. The molecule has 4 heterocycles. The summed E-state index contributed by atoms with van der Waals surface area (Å²) in [4.78, 5) is 24.4. The lowest BCUT2D eigenvalue weighted by molar-refractivity contribution is 0.102. The van der Waals surface area contributed by atoms with E-state index in [1.807, 2.05) is 37.0 Å². The lowest BCUT2D eigenvalue weighted by Crippen LogP contribution is -2.37. The molecule has 0 saturated carbocycles. The average molecular weight is 461 g/mol. The quantitative estimate of drug-likeness (QED) is 0.457. The Morgan fingerprint density at radius 2 is 1.94 bits per heavy atom. The Balaban J connectivity index is 1.29. The summed E-state index contributed by atoms with van der Waals surface area (Å²) in [6.07, 6.45) is 7.80. The summed E-state index contributed by atoms with van der Waals surface area (Å²) < 4.78 is 1.79. The van der Waals surface area contributed by atoms with Crippen LogP contribution in [0.5, 0.6) is 0 Å². The number of piperidine rings is 1. The number of carbonyl (C=O) groups is 1. The molecule has 0 bridgehead atoms. The third-order valence-corrected chi connectivity index (χ3v) is 7.37. The normalized spacial score (nSPS) is 15.4. The Morgan fingerprint density at radius 1 is 1.12 bits per heavy atom. The molecular weight excluding hydrogens is 432 g/mol. The minimum Gasteiger partial charge on any atom is -0.305 e. The van der Waals surface area contributed by atoms with Gasteiger partial charge >= 0.3 is 0 Å². The summed E-state index contributed by atoms with van der Waals surface area (Å²) in [7, 11) is 1.90. The van der Waals surface area contributed by atoms with Crippen molar-refractivity contribution in [3.63, 3.8) is 0 Å². The van der Waals surface area contributed by atoms with Crippen LogP contribution in [0.3, 0.4) is 0 Å². The maximum absolute atomic E-state index is 12.9. The molecular formula is C25H28N6OS. The Bertz CT molecular complexity index is 1290. The van der Waals surface area contributed by atoms with E-state index >= 15 is 0 Å². The minimum absolute atomic E-state index is 0.215. The number of hydrogen-bond acceptors (Lipinski definition) is 6. The highest BCUT2D eigenvalue weighted by Gasteiger charge is 2.25. The molecule has 1 saturated heterocycles. The van der Waals surface area contributed by atoms with Crippen molar-refractivity contribution in [2.24, 2.45) is 7.05 Å². The van der Waals surface area contributed by atoms with Gasteiger partial charge in [-0.2, -0.15) is 5.10 Å². The first-order chi connectivity index (χ1) is 16.0. The van der Waals surface area contributed by atoms with E-state index < -0.39 is 0 Å². The van der Waals surface area contributed by atoms with Gasteiger partial charge in [0.15, 0.2) is 0 Å². The second-order valence-electron chi connectivity index (χ2n) is 8.96. The summed E-state index contributed by atoms with van der Waals surface area (Å²) >= 11 is 1.59. The molecule has 1 aliphatic heterocycles. The molecule has 0 spiro atoms. The molecule has 0 atom stereocenters. The Hall–Kier alpha value is -3.10. The number of nitrogens with one attached hydrogen (secondary N) is 1. The number of fused-ring (bicyclic) bond motifs is 1. The van der Waals surface area contributed by atoms with Crippen molar-refractivity contribution in [2.75, 3.05) is 18.4 Å². The van der Waals surface area contributed by atoms with Crippen LogP contribution in [-0.4, -0.2) is 49.7 Å². The summed E-state index contributed by atoms with van der Waals surface area (Å²) in [5.41, 5.74) is 2.59. The van der Waals surface area contributed by atoms with Gasteiger partial charge in [0.05, 0.1) is 11.2 Å². The molecule has 7 nitrogen and oxygen atoms in total. The van der Waals surface area contributed by atoms with Crippen molar-refractivity contribution in [1.29, 1.82) is 0 Å². The van der Waals surface area contributed by atoms with Crippen LogP contribution in [0.25, 0.3) is 21.9 Å². The zero-order valence-corrected chi connectivity index (χ0v) is 20.0. The number of likely N-dealkylation sites (tertiary alicyclic amines) is 1. The summed E-state index contributed by atoms with van der Waals surface area (Å²) in [5.74, 6) is 0.749. The number of aryl methyl sites for hydroxylation is 1. The first-order valence-corrected chi connectivity index (χ1v) is 12.2. The van der Waals surface area contributed by atoms with Gasteiger partial charge in [0, 0.05) is 47.7 Å². The van der Waals surface area contributed by atoms with Crippen LogP contribution in [0.1, 0.15) is 48.1 Å². The maximum Gasteiger partial charge on any atom is 0.276 e. The van der Waals surface area contributed by atoms with Crippen molar-refractivity contribution in [1.82, 2.24) is 24.6 Å². The third-order valence-electron chi connectivity index (χ3n) is 6.37. The lowest BCUT2D eigenvalue weighted by atomic mass is 9.97. The minimum atomic E-state index is -0.215. The van der Waals surface area contributed by atoms with Crippen LogP contribution in [-0.2, 0) is 7.05 Å². The molecule has 0 radical (unpaired) electrons. The van der Waals surface area contributed by atoms with Gasteiger partial charge in [0.1, 0.15) is 11.5 Å². The summed E-state index contributed by atoms with van der Waals surface area (Å²) in [6, 6.07) is 8.67. The van der Waals surface area contributed by atoms with Gasteiger partial charge in [-0.25, -0.2) is 9.97 Å². The molecule has 1 N–H and O–H groups in total. The lowest BCUT2D eigenvalue weighted by Gasteiger charge is -2.33. The van der Waals surface area contributed by atoms with Crippen molar-refractivity contribution in [3.05, 3.63) is 58.9 Å². The largest absolute Gasteiger partial charge is 0.305 e. The molecule has 4 aromatic rings. The highest BCUT2D eigenvalue weighted by molar-refractivity contribution is 7.10. The molecule has 0 unspecified atom stereocenters. The standard InChI is InChI=1S/C25H28N6OS/c1-16(2)31-8-6-17(7-9-31)25-28-22(15-33-25)24(32)29-23-11-20-10-18(4-5-19(20)12-26-23)21-13-27-30(3)14-21/h4-5,10-17H,6-9H2,1-3H3,(H,26,29,32). The highest BCUT2D eigenvalue weighted by atomic mass is 32.1. The number of carbonyl (C=O) groups excluding carboxylic acids is 1. The molecule has 3 aromatic heterocycles. The molecule has 1 aliphatic rings. The number of benzene rings is 1. The van der Waals surface area contributed by atoms with E-state index in [2.05, 4.69) is 51.3 Å². The number of rotatable bonds is 5. The Labute approximate surface area is 197 Å². The zero-order valence-electron chi connectivity index (χ0n) is 19.2. The molecule has 8 heteroatoms. The van der Waals surface area contributed by atoms with E-state index in [9.17, 15) is 4.79 Å². The molecule has 5 rings (SSSR count). The van der Waals surface area contributed by atoms with Crippen molar-refractivity contribution < 1.29 is 4.79 Å². The fraction of sp³-hybridized carbons (Fsp3) is 0.360. The number of aromatic nitrogens is 4. The van der Waals surface area contributed by atoms with Gasteiger partial charge in [-0.3, -0.25) is 9.48 Å². The van der Waals surface area contributed by atoms with Crippen LogP contribution in [0.2, 0.25) is 0 Å². The third kappa shape index (κ3) is 4.67. The van der Waals surface area contributed by atoms with Gasteiger partial charge in [0.25, 0.3) is 5.91 Å². The van der Waals surface area contributed by atoms with E-state index in [1.54, 1.807) is 22.2 Å². The van der Waals surface area contributed by atoms with Crippen LogP contribution in [0.15, 0.2) is 48.2 Å². The van der Waals surface area contributed by atoms with Crippen molar-refractivity contribution in [2.45, 2.75) is 38.6 Å². The van der Waals surface area contributed by atoms with Crippen LogP contribution in [0, 0.1) is 0 Å². The van der Waals surface area contributed by atoms with Gasteiger partial charge in [-0.05, 0) is 62.9 Å². The van der Waals surface area contributed by atoms with Crippen LogP contribution < -0.4 is 5.32 Å². The number of pyridine rings is 1. The topological polar surface area (TPSA) is 75.9 Å². The Morgan fingerprint density at radius 3 is 2.67 bits per heavy atom. The summed E-state index contributed by atoms with van der Waals surface area (Å²) in [6.45, 7) is 6.66. The van der Waals surface area contributed by atoms with E-state index in [0.717, 1.165) is 52.8 Å². The first-order valence-electron chi connectivity index (χ1n) is 11.4. The fourth-order valence-electron chi connectivity index (χ4n) is 4.38. The van der Waals surface area contributed by atoms with Crippen LogP contribution >= 0.6 is 11.3 Å². The SMILES string of the molecule is CC(C)N1CCC(c2nc(C(=O)Nc3cc4cc(-c5cnn(C)c5)ccc4cn3)cs2)CC1. The average Bonchev–Trinajstić information content (AvgIpc) is 3.48. The number of hydrogen-bond donors (Lipinski definition) is 1. The number of thiazole rings is 1. The summed E-state index contributed by atoms with van der Waals surface area (Å²) in [5, 5.41) is 12.1. The van der Waals surface area contributed by atoms with E-state index in [-0.39, 0.29) is 5.91 Å². The molecule has 170 valence electrons. The van der Waals surface area contributed by atoms with Crippen LogP contribution in [0.4, 0.5) is 5.82 Å². The maximum atomic E-state index is 12.9. The number of nitrogens with zero attached hydrogens (tertiary/aromatic N) is 5. The predicted molar refractivity (Wildman–Crippen MR) is 133 cm³/mol. The molecule has 33 heavy (non-hydrogen) atoms. The van der Waals surface area contributed by atoms with Gasteiger partial charge in [0.2, 0.25) is 0 Å². The molecule has 1 aromatic carbocycles. The predicted octanol–water partition coefficient (Wildman–Crippen LogP) is 4.93. The fourth-order valence-corrected chi connectivity index (χ4v) is 5.35. The Kier molecular flexibility index (Phi) is 5.95. The number of anilines is 1. The van der Waals surface area contributed by atoms with E-state index in [0.29, 0.717) is 23.5 Å². The van der Waals surface area contributed by atoms with Gasteiger partial charge in [-0.15, -0.1) is 11.3 Å². The highest BCUT2D eigenvalue weighted by Crippen LogP contribution is 2.31. The van der Waals surface area contributed by atoms with Crippen molar-refractivity contribution in [3.8, 4) is 11.1 Å². The van der Waals surface area contributed by atoms with Gasteiger partial charge in [-0.1, -0.05) is 12.1 Å².